The number of esters is 2. The number of fused-ring (bicyclic) bond motifs is 1. The second-order valence-electron chi connectivity index (χ2n) is 6.47. The van der Waals surface area contributed by atoms with Gasteiger partial charge >= 0.3 is 11.9 Å². The molecule has 0 aromatic rings. The van der Waals surface area contributed by atoms with Crippen molar-refractivity contribution in [1.82, 2.24) is 4.90 Å². The van der Waals surface area contributed by atoms with E-state index in [9.17, 15) is 14.4 Å². The number of thioether (sulfide) groups is 2. The van der Waals surface area contributed by atoms with Crippen LogP contribution in [0.25, 0.3) is 0 Å². The maximum Gasteiger partial charge on any atom is 0.355 e. The highest BCUT2D eigenvalue weighted by atomic mass is 32.2. The third kappa shape index (κ3) is 3.73. The van der Waals surface area contributed by atoms with Gasteiger partial charge in [0.1, 0.15) is 21.9 Å². The van der Waals surface area contributed by atoms with Crippen molar-refractivity contribution in [3.63, 3.8) is 0 Å². The first-order chi connectivity index (χ1) is 11.1. The van der Waals surface area contributed by atoms with Crippen LogP contribution in [0.1, 0.15) is 27.7 Å². The molecule has 1 fully saturated rings. The molecule has 7 nitrogen and oxygen atoms in total. The first kappa shape index (κ1) is 19.1. The number of nitrogens with zero attached hydrogens (tertiary/aromatic N) is 1. The van der Waals surface area contributed by atoms with E-state index in [2.05, 4.69) is 0 Å². The molecule has 0 aromatic heterocycles. The molecule has 1 unspecified atom stereocenters. The van der Waals surface area contributed by atoms with Crippen LogP contribution in [-0.2, 0) is 23.9 Å². The first-order valence-electron chi connectivity index (χ1n) is 7.43. The van der Waals surface area contributed by atoms with Crippen molar-refractivity contribution >= 4 is 41.4 Å². The lowest BCUT2D eigenvalue weighted by atomic mass is 10.1. The summed E-state index contributed by atoms with van der Waals surface area (Å²) >= 11 is 2.95. The maximum absolute atomic E-state index is 12.7. The molecule has 2 N–H and O–H groups in total. The zero-order valence-electron chi connectivity index (χ0n) is 14.3. The summed E-state index contributed by atoms with van der Waals surface area (Å²) in [5.74, 6) is -0.942. The number of hydrogen-bond donors (Lipinski definition) is 1. The Morgan fingerprint density at radius 2 is 2.04 bits per heavy atom. The monoisotopic (exact) mass is 374 g/mol. The van der Waals surface area contributed by atoms with Crippen LogP contribution in [0.4, 0.5) is 0 Å². The van der Waals surface area contributed by atoms with Gasteiger partial charge in [0.15, 0.2) is 6.23 Å². The Hall–Kier alpha value is -1.19. The van der Waals surface area contributed by atoms with Crippen LogP contribution in [0, 0.1) is 0 Å². The largest absolute Gasteiger partial charge is 0.455 e. The summed E-state index contributed by atoms with van der Waals surface area (Å²) in [6.07, 6.45) is 0.775. The zero-order valence-corrected chi connectivity index (χ0v) is 16.0. The Morgan fingerprint density at radius 1 is 1.42 bits per heavy atom. The fraction of sp³-hybridized carbons (Fsp3) is 0.667. The van der Waals surface area contributed by atoms with Gasteiger partial charge in [0.25, 0.3) is 0 Å². The predicted molar refractivity (Wildman–Crippen MR) is 93.0 cm³/mol. The smallest absolute Gasteiger partial charge is 0.355 e. The topological polar surface area (TPSA) is 98.9 Å². The molecule has 1 saturated heterocycles. The van der Waals surface area contributed by atoms with E-state index in [0.717, 1.165) is 0 Å². The molecule has 2 aliphatic heterocycles. The molecule has 2 aliphatic rings. The number of carbonyl (C=O) groups excluding carboxylic acids is 3. The van der Waals surface area contributed by atoms with Gasteiger partial charge in [-0.15, -0.1) is 23.5 Å². The lowest BCUT2D eigenvalue weighted by Gasteiger charge is -2.49. The summed E-state index contributed by atoms with van der Waals surface area (Å²) in [6, 6.07) is 0. The molecular formula is C15H22N2O5S2. The molecule has 2 rings (SSSR count). The third-order valence-electron chi connectivity index (χ3n) is 3.43. The van der Waals surface area contributed by atoms with E-state index >= 15 is 0 Å². The molecule has 2 heterocycles. The Kier molecular flexibility index (Phi) is 5.56. The van der Waals surface area contributed by atoms with Gasteiger partial charge in [-0.2, -0.15) is 0 Å². The minimum atomic E-state index is -1.08. The minimum absolute atomic E-state index is 0.109. The highest BCUT2D eigenvalue weighted by Crippen LogP contribution is 2.45. The Bertz CT molecular complexity index is 599. The summed E-state index contributed by atoms with van der Waals surface area (Å²) in [5.41, 5.74) is 5.71. The van der Waals surface area contributed by atoms with E-state index in [0.29, 0.717) is 11.3 Å². The fourth-order valence-corrected chi connectivity index (χ4v) is 5.01. The van der Waals surface area contributed by atoms with Crippen molar-refractivity contribution in [3.05, 3.63) is 11.3 Å². The SMILES string of the molecule is CS[C@H]1C(=O)N2C(C(=O)OC(C)(C)C)=C(C(N)OC(C)=O)CS[C@H]12. The van der Waals surface area contributed by atoms with Crippen LogP contribution in [0.5, 0.6) is 0 Å². The number of amides is 1. The van der Waals surface area contributed by atoms with Crippen LogP contribution >= 0.6 is 23.5 Å². The highest BCUT2D eigenvalue weighted by molar-refractivity contribution is 8.04. The Labute approximate surface area is 149 Å². The summed E-state index contributed by atoms with van der Waals surface area (Å²) in [5, 5.41) is -0.331. The number of rotatable bonds is 4. The van der Waals surface area contributed by atoms with Gasteiger partial charge < -0.3 is 9.47 Å². The molecule has 0 aliphatic carbocycles. The third-order valence-corrected chi connectivity index (χ3v) is 5.87. The lowest BCUT2D eigenvalue weighted by Crippen LogP contribution is -2.64. The van der Waals surface area contributed by atoms with Crippen molar-refractivity contribution in [2.45, 2.75) is 50.1 Å². The molecule has 0 saturated carbocycles. The van der Waals surface area contributed by atoms with E-state index in [-0.39, 0.29) is 22.2 Å². The molecule has 0 radical (unpaired) electrons. The molecule has 0 spiro atoms. The molecule has 0 bridgehead atoms. The van der Waals surface area contributed by atoms with Crippen molar-refractivity contribution in [2.75, 3.05) is 12.0 Å². The molecule has 134 valence electrons. The Morgan fingerprint density at radius 3 is 2.54 bits per heavy atom. The van der Waals surface area contributed by atoms with E-state index in [4.69, 9.17) is 15.2 Å². The van der Waals surface area contributed by atoms with E-state index in [1.165, 1.54) is 35.3 Å². The van der Waals surface area contributed by atoms with Gasteiger partial charge in [0.2, 0.25) is 5.91 Å². The van der Waals surface area contributed by atoms with E-state index in [1.54, 1.807) is 20.8 Å². The number of carbonyl (C=O) groups is 3. The van der Waals surface area contributed by atoms with Crippen molar-refractivity contribution in [1.29, 1.82) is 0 Å². The van der Waals surface area contributed by atoms with Gasteiger partial charge in [-0.3, -0.25) is 20.2 Å². The van der Waals surface area contributed by atoms with Gasteiger partial charge in [-0.05, 0) is 27.0 Å². The van der Waals surface area contributed by atoms with Crippen LogP contribution in [0.2, 0.25) is 0 Å². The zero-order chi connectivity index (χ0) is 18.2. The van der Waals surface area contributed by atoms with Gasteiger partial charge in [0, 0.05) is 18.2 Å². The summed E-state index contributed by atoms with van der Waals surface area (Å²) in [4.78, 5) is 37.7. The molecule has 9 heteroatoms. The van der Waals surface area contributed by atoms with Crippen LogP contribution < -0.4 is 5.73 Å². The quantitative estimate of drug-likeness (QED) is 0.443. The van der Waals surface area contributed by atoms with E-state index < -0.39 is 23.8 Å². The standard InChI is InChI=1S/C15H22N2O5S2/c1-7(18)21-11(16)8-6-24-13-10(23-5)12(19)17(13)9(8)14(20)22-15(2,3)4/h10-11,13H,6,16H2,1-5H3/t10-,11?,13+/m0/s1. The van der Waals surface area contributed by atoms with Crippen molar-refractivity contribution in [2.24, 2.45) is 5.73 Å². The maximum atomic E-state index is 12.7. The fourth-order valence-electron chi connectivity index (χ4n) is 2.48. The van der Waals surface area contributed by atoms with Gasteiger partial charge in [0.05, 0.1) is 0 Å². The van der Waals surface area contributed by atoms with Crippen molar-refractivity contribution in [3.8, 4) is 0 Å². The van der Waals surface area contributed by atoms with Crippen molar-refractivity contribution < 1.29 is 23.9 Å². The van der Waals surface area contributed by atoms with Crippen LogP contribution in [-0.4, -0.2) is 57.2 Å². The molecule has 1 amide bonds. The van der Waals surface area contributed by atoms with Gasteiger partial charge in [-0.1, -0.05) is 0 Å². The number of hydrogen-bond acceptors (Lipinski definition) is 8. The summed E-state index contributed by atoms with van der Waals surface area (Å²) in [6.45, 7) is 6.48. The number of nitrogens with two attached hydrogens (primary N) is 1. The second-order valence-corrected chi connectivity index (χ2v) is 8.56. The lowest BCUT2D eigenvalue weighted by molar-refractivity contribution is -0.157. The molecule has 3 atom stereocenters. The highest BCUT2D eigenvalue weighted by Gasteiger charge is 2.54. The average Bonchev–Trinajstić information content (AvgIpc) is 2.43. The summed E-state index contributed by atoms with van der Waals surface area (Å²) in [7, 11) is 0. The normalized spacial score (nSPS) is 24.9. The number of β-lactam (4-membered cyclic amide) rings is 1. The average molecular weight is 374 g/mol. The molecular weight excluding hydrogens is 352 g/mol. The number of ether oxygens (including phenoxy) is 2. The summed E-state index contributed by atoms with van der Waals surface area (Å²) < 4.78 is 10.4. The second kappa shape index (κ2) is 6.97. The molecule has 24 heavy (non-hydrogen) atoms. The predicted octanol–water partition coefficient (Wildman–Crippen LogP) is 1.08. The van der Waals surface area contributed by atoms with Crippen LogP contribution in [0.3, 0.4) is 0 Å². The Balaban J connectivity index is 2.39. The first-order valence-corrected chi connectivity index (χ1v) is 9.77. The minimum Gasteiger partial charge on any atom is -0.455 e. The van der Waals surface area contributed by atoms with Crippen LogP contribution in [0.15, 0.2) is 11.3 Å². The van der Waals surface area contributed by atoms with Gasteiger partial charge in [-0.25, -0.2) is 4.79 Å². The van der Waals surface area contributed by atoms with E-state index in [1.807, 2.05) is 6.26 Å². The molecule has 0 aromatic carbocycles.